The number of halogens is 1. The van der Waals surface area contributed by atoms with Crippen LogP contribution in [0.1, 0.15) is 0 Å². The highest BCUT2D eigenvalue weighted by molar-refractivity contribution is 7.26. The number of aromatic nitrogens is 1. The third kappa shape index (κ3) is 2.25. The Morgan fingerprint density at radius 1 is 1.38 bits per heavy atom. The smallest absolute Gasteiger partial charge is 0.0569 e. The zero-order chi connectivity index (χ0) is 5.11. The minimum absolute atomic E-state index is 0. The van der Waals surface area contributed by atoms with E-state index < -0.39 is 0 Å². The number of nitrogens with zero attached hydrogens (tertiary/aromatic N) is 1. The maximum atomic E-state index is 3.94. The lowest BCUT2D eigenvalue weighted by atomic mass is 10.5. The van der Waals surface area contributed by atoms with Crippen molar-refractivity contribution in [3.8, 4) is 0 Å². The topological polar surface area (TPSA) is 12.9 Å². The summed E-state index contributed by atoms with van der Waals surface area (Å²) >= 11 is 0. The Balaban J connectivity index is 0.000000490. The van der Waals surface area contributed by atoms with Crippen LogP contribution in [0.5, 0.6) is 0 Å². The summed E-state index contributed by atoms with van der Waals surface area (Å²) in [7, 11) is 2.52. The van der Waals surface area contributed by atoms with Gasteiger partial charge in [0.05, 0.1) is 5.44 Å². The lowest BCUT2D eigenvalue weighted by Crippen LogP contribution is -1.91. The van der Waals surface area contributed by atoms with Gasteiger partial charge in [-0.05, 0) is 12.1 Å². The Morgan fingerprint density at radius 3 is 2.38 bits per heavy atom. The van der Waals surface area contributed by atoms with Crippen molar-refractivity contribution in [2.45, 2.75) is 0 Å². The van der Waals surface area contributed by atoms with Crippen LogP contribution in [0, 0.1) is 0 Å². The molecule has 44 valence electrons. The largest absolute Gasteiger partial charge is 0.257 e. The van der Waals surface area contributed by atoms with E-state index in [-0.39, 0.29) is 12.4 Å². The Kier molecular flexibility index (Phi) is 3.76. The van der Waals surface area contributed by atoms with Crippen LogP contribution in [0.25, 0.3) is 0 Å². The van der Waals surface area contributed by atoms with Gasteiger partial charge in [0.2, 0.25) is 0 Å². The molecular formula is C5H7ClNP. The maximum Gasteiger partial charge on any atom is 0.0569 e. The molecule has 0 saturated heterocycles. The molecular weight excluding hydrogens is 140 g/mol. The number of hydrogen-bond acceptors (Lipinski definition) is 1. The van der Waals surface area contributed by atoms with Crippen LogP contribution in [0.2, 0.25) is 0 Å². The van der Waals surface area contributed by atoms with Crippen LogP contribution in [-0.4, -0.2) is 4.98 Å². The minimum atomic E-state index is 0. The molecule has 0 aliphatic rings. The van der Waals surface area contributed by atoms with Gasteiger partial charge in [0.1, 0.15) is 0 Å². The van der Waals surface area contributed by atoms with Gasteiger partial charge in [0.15, 0.2) is 0 Å². The summed E-state index contributed by atoms with van der Waals surface area (Å²) in [5.74, 6) is 0. The Bertz CT molecular complexity index is 142. The molecule has 0 bridgehead atoms. The van der Waals surface area contributed by atoms with Gasteiger partial charge < -0.3 is 0 Å². The van der Waals surface area contributed by atoms with E-state index in [0.29, 0.717) is 0 Å². The summed E-state index contributed by atoms with van der Waals surface area (Å²) in [4.78, 5) is 3.94. The van der Waals surface area contributed by atoms with Gasteiger partial charge in [-0.3, -0.25) is 4.98 Å². The summed E-state index contributed by atoms with van der Waals surface area (Å²) in [5.41, 5.74) is 0.988. The van der Waals surface area contributed by atoms with E-state index >= 15 is 0 Å². The third-order valence-corrected chi connectivity index (χ3v) is 1.03. The predicted molar refractivity (Wildman–Crippen MR) is 40.8 cm³/mol. The molecule has 1 nitrogen and oxygen atoms in total. The standard InChI is InChI=1S/C5H6NP.ClH/c7-5-3-1-2-4-6-5;/h1-4H,7H2;1H. The average Bonchev–Trinajstić information content (AvgIpc) is 1.69. The van der Waals surface area contributed by atoms with Crippen LogP contribution in [-0.2, 0) is 0 Å². The average molecular weight is 148 g/mol. The molecule has 8 heavy (non-hydrogen) atoms. The van der Waals surface area contributed by atoms with Crippen molar-refractivity contribution in [2.75, 3.05) is 0 Å². The van der Waals surface area contributed by atoms with Crippen molar-refractivity contribution < 1.29 is 0 Å². The highest BCUT2D eigenvalue weighted by Gasteiger charge is 1.73. The van der Waals surface area contributed by atoms with Crippen molar-refractivity contribution in [1.29, 1.82) is 0 Å². The van der Waals surface area contributed by atoms with E-state index in [1.54, 1.807) is 6.20 Å². The first kappa shape index (κ1) is 7.87. The molecule has 0 saturated carbocycles. The predicted octanol–water partition coefficient (Wildman–Crippen LogP) is 1.00. The molecule has 0 radical (unpaired) electrons. The molecule has 0 aromatic carbocycles. The highest BCUT2D eigenvalue weighted by atomic mass is 35.5. The normalized spacial score (nSPS) is 7.62. The van der Waals surface area contributed by atoms with Crippen LogP contribution in [0.3, 0.4) is 0 Å². The van der Waals surface area contributed by atoms with Crippen molar-refractivity contribution in [2.24, 2.45) is 0 Å². The molecule has 1 unspecified atom stereocenters. The Hall–Kier alpha value is -0.130. The quantitative estimate of drug-likeness (QED) is 0.499. The zero-order valence-electron chi connectivity index (χ0n) is 4.24. The molecule has 1 atom stereocenters. The number of hydrogen-bond donors (Lipinski definition) is 0. The van der Waals surface area contributed by atoms with Crippen molar-refractivity contribution in [1.82, 2.24) is 4.98 Å². The first-order valence-corrected chi connectivity index (χ1v) is 2.64. The fourth-order valence-corrected chi connectivity index (χ4v) is 0.573. The van der Waals surface area contributed by atoms with Crippen molar-refractivity contribution in [3.63, 3.8) is 0 Å². The van der Waals surface area contributed by atoms with Gasteiger partial charge in [-0.2, -0.15) is 0 Å². The number of pyridine rings is 1. The molecule has 0 aliphatic heterocycles. The molecule has 0 amide bonds. The first-order chi connectivity index (χ1) is 3.39. The monoisotopic (exact) mass is 147 g/mol. The van der Waals surface area contributed by atoms with Crippen LogP contribution < -0.4 is 5.44 Å². The van der Waals surface area contributed by atoms with E-state index in [0.717, 1.165) is 5.44 Å². The van der Waals surface area contributed by atoms with Crippen molar-refractivity contribution in [3.05, 3.63) is 24.4 Å². The minimum Gasteiger partial charge on any atom is -0.257 e. The summed E-state index contributed by atoms with van der Waals surface area (Å²) in [6.07, 6.45) is 1.77. The molecule has 1 heterocycles. The summed E-state index contributed by atoms with van der Waals surface area (Å²) in [6.45, 7) is 0. The van der Waals surface area contributed by atoms with Crippen LogP contribution >= 0.6 is 21.6 Å². The number of rotatable bonds is 0. The second-order valence-electron chi connectivity index (χ2n) is 1.25. The zero-order valence-corrected chi connectivity index (χ0v) is 6.21. The molecule has 1 rings (SSSR count). The van der Waals surface area contributed by atoms with E-state index in [2.05, 4.69) is 14.2 Å². The van der Waals surface area contributed by atoms with E-state index in [4.69, 9.17) is 0 Å². The Labute approximate surface area is 57.1 Å². The first-order valence-electron chi connectivity index (χ1n) is 2.06. The van der Waals surface area contributed by atoms with Gasteiger partial charge >= 0.3 is 0 Å². The highest BCUT2D eigenvalue weighted by Crippen LogP contribution is 1.80. The van der Waals surface area contributed by atoms with E-state index in [9.17, 15) is 0 Å². The summed E-state index contributed by atoms with van der Waals surface area (Å²) in [5, 5.41) is 0. The molecule has 0 spiro atoms. The van der Waals surface area contributed by atoms with E-state index in [1.165, 1.54) is 0 Å². The molecule has 0 N–H and O–H groups in total. The fraction of sp³-hybridized carbons (Fsp3) is 0. The van der Waals surface area contributed by atoms with Crippen LogP contribution in [0.15, 0.2) is 24.4 Å². The molecule has 0 aliphatic carbocycles. The summed E-state index contributed by atoms with van der Waals surface area (Å²) < 4.78 is 0. The van der Waals surface area contributed by atoms with Gasteiger partial charge in [-0.15, -0.1) is 12.4 Å². The van der Waals surface area contributed by atoms with E-state index in [1.807, 2.05) is 18.2 Å². The van der Waals surface area contributed by atoms with Crippen molar-refractivity contribution >= 4 is 27.1 Å². The second-order valence-corrected chi connectivity index (χ2v) is 1.85. The summed E-state index contributed by atoms with van der Waals surface area (Å²) in [6, 6.07) is 5.79. The SMILES string of the molecule is Cl.Pc1ccccn1. The van der Waals surface area contributed by atoms with Gasteiger partial charge in [0.25, 0.3) is 0 Å². The third-order valence-electron chi connectivity index (χ3n) is 0.688. The van der Waals surface area contributed by atoms with Gasteiger partial charge in [0, 0.05) is 6.20 Å². The molecule has 0 fully saturated rings. The fourth-order valence-electron chi connectivity index (χ4n) is 0.376. The van der Waals surface area contributed by atoms with Gasteiger partial charge in [-0.1, -0.05) is 15.3 Å². The lowest BCUT2D eigenvalue weighted by molar-refractivity contribution is 1.40. The molecule has 3 heteroatoms. The maximum absolute atomic E-state index is 3.94. The second kappa shape index (κ2) is 3.82. The Morgan fingerprint density at radius 2 is 2.12 bits per heavy atom. The molecule has 1 aromatic heterocycles. The lowest BCUT2D eigenvalue weighted by Gasteiger charge is -1.82. The van der Waals surface area contributed by atoms with Crippen LogP contribution in [0.4, 0.5) is 0 Å². The molecule has 1 aromatic rings. The van der Waals surface area contributed by atoms with Gasteiger partial charge in [-0.25, -0.2) is 0 Å².